The highest BCUT2D eigenvalue weighted by atomic mass is 16.5. The third-order valence-electron chi connectivity index (χ3n) is 6.02. The van der Waals surface area contributed by atoms with Crippen LogP contribution >= 0.6 is 0 Å². The van der Waals surface area contributed by atoms with Gasteiger partial charge in [-0.25, -0.2) is 0 Å². The molecule has 0 spiro atoms. The lowest BCUT2D eigenvalue weighted by Gasteiger charge is -2.50. The van der Waals surface area contributed by atoms with Gasteiger partial charge in [-0.1, -0.05) is 44.7 Å². The normalized spacial score (nSPS) is 33.7. The van der Waals surface area contributed by atoms with Crippen LogP contribution in [0.1, 0.15) is 68.1 Å². The van der Waals surface area contributed by atoms with Crippen LogP contribution in [0.4, 0.5) is 0 Å². The molecule has 1 aliphatic heterocycles. The number of hydrogen-bond donors (Lipinski definition) is 1. The summed E-state index contributed by atoms with van der Waals surface area (Å²) < 4.78 is 11.2. The molecule has 4 atom stereocenters. The second-order valence-electron chi connectivity index (χ2n) is 7.68. The molecule has 4 rings (SSSR count). The van der Waals surface area contributed by atoms with Crippen molar-refractivity contribution in [1.82, 2.24) is 10.5 Å². The molecule has 2 heterocycles. The van der Waals surface area contributed by atoms with Gasteiger partial charge in [-0.3, -0.25) is 4.79 Å². The highest BCUT2D eigenvalue weighted by molar-refractivity contribution is 5.91. The third-order valence-corrected chi connectivity index (χ3v) is 6.02. The summed E-state index contributed by atoms with van der Waals surface area (Å²) in [5, 5.41) is 7.22. The Kier molecular flexibility index (Phi) is 3.92. The van der Waals surface area contributed by atoms with E-state index in [9.17, 15) is 4.79 Å². The predicted octanol–water partition coefficient (Wildman–Crippen LogP) is 3.12. The van der Waals surface area contributed by atoms with E-state index in [-0.39, 0.29) is 17.9 Å². The maximum absolute atomic E-state index is 12.5. The van der Waals surface area contributed by atoms with E-state index in [0.717, 1.165) is 18.7 Å². The Bertz CT molecular complexity index is 572. The Morgan fingerprint density at radius 1 is 1.30 bits per heavy atom. The van der Waals surface area contributed by atoms with Crippen molar-refractivity contribution in [2.45, 2.75) is 64.0 Å². The second kappa shape index (κ2) is 5.93. The zero-order valence-corrected chi connectivity index (χ0v) is 14.0. The lowest BCUT2D eigenvalue weighted by Crippen LogP contribution is -2.63. The maximum Gasteiger partial charge on any atom is 0.290 e. The molecule has 5 nitrogen and oxygen atoms in total. The first-order valence-corrected chi connectivity index (χ1v) is 9.04. The van der Waals surface area contributed by atoms with Gasteiger partial charge in [-0.05, 0) is 18.3 Å². The molecular formula is C18H26N2O3. The van der Waals surface area contributed by atoms with E-state index in [1.165, 1.54) is 25.7 Å². The quantitative estimate of drug-likeness (QED) is 0.926. The minimum Gasteiger partial charge on any atom is -0.377 e. The van der Waals surface area contributed by atoms with Crippen molar-refractivity contribution in [2.75, 3.05) is 6.61 Å². The minimum atomic E-state index is -0.122. The lowest BCUT2D eigenvalue weighted by atomic mass is 9.61. The van der Waals surface area contributed by atoms with Crippen LogP contribution < -0.4 is 5.32 Å². The number of aromatic nitrogens is 1. The van der Waals surface area contributed by atoms with Gasteiger partial charge in [-0.15, -0.1) is 0 Å². The monoisotopic (exact) mass is 318 g/mol. The average molecular weight is 318 g/mol. The Balaban J connectivity index is 1.46. The predicted molar refractivity (Wildman–Crippen MR) is 85.1 cm³/mol. The summed E-state index contributed by atoms with van der Waals surface area (Å²) in [6.07, 6.45) is 6.63. The molecular weight excluding hydrogens is 292 g/mol. The van der Waals surface area contributed by atoms with Gasteiger partial charge in [0.1, 0.15) is 0 Å². The van der Waals surface area contributed by atoms with Crippen LogP contribution in [0, 0.1) is 17.8 Å². The van der Waals surface area contributed by atoms with Gasteiger partial charge in [0.15, 0.2) is 0 Å². The number of fused-ring (bicyclic) bond motifs is 1. The second-order valence-corrected chi connectivity index (χ2v) is 7.68. The van der Waals surface area contributed by atoms with Gasteiger partial charge in [0.2, 0.25) is 5.76 Å². The van der Waals surface area contributed by atoms with Gasteiger partial charge in [0.25, 0.3) is 5.91 Å². The van der Waals surface area contributed by atoms with Gasteiger partial charge < -0.3 is 14.6 Å². The molecule has 2 saturated carbocycles. The molecule has 126 valence electrons. The number of hydrogen-bond acceptors (Lipinski definition) is 4. The van der Waals surface area contributed by atoms with Crippen molar-refractivity contribution < 1.29 is 14.1 Å². The molecule has 0 unspecified atom stereocenters. The first kappa shape index (κ1) is 15.2. The van der Waals surface area contributed by atoms with E-state index in [1.807, 2.05) is 13.8 Å². The molecule has 1 aromatic rings. The highest BCUT2D eigenvalue weighted by Crippen LogP contribution is 2.51. The smallest absolute Gasteiger partial charge is 0.290 e. The summed E-state index contributed by atoms with van der Waals surface area (Å²) in [7, 11) is 0. The first-order valence-electron chi connectivity index (χ1n) is 9.04. The van der Waals surface area contributed by atoms with E-state index in [0.29, 0.717) is 29.6 Å². The number of nitrogens with zero attached hydrogens (tertiary/aromatic N) is 1. The summed E-state index contributed by atoms with van der Waals surface area (Å²) in [5.41, 5.74) is 0.832. The average Bonchev–Trinajstić information content (AvgIpc) is 3.26. The van der Waals surface area contributed by atoms with Gasteiger partial charge in [-0.2, -0.15) is 0 Å². The molecule has 3 aliphatic rings. The molecule has 3 fully saturated rings. The summed E-state index contributed by atoms with van der Waals surface area (Å²) in [4.78, 5) is 12.5. The Labute approximate surface area is 137 Å². The van der Waals surface area contributed by atoms with Gasteiger partial charge in [0.05, 0.1) is 11.8 Å². The largest absolute Gasteiger partial charge is 0.377 e. The van der Waals surface area contributed by atoms with Crippen molar-refractivity contribution in [1.29, 1.82) is 0 Å². The molecule has 2 aliphatic carbocycles. The van der Waals surface area contributed by atoms with E-state index in [4.69, 9.17) is 9.26 Å². The third kappa shape index (κ3) is 2.59. The fourth-order valence-corrected chi connectivity index (χ4v) is 4.75. The van der Waals surface area contributed by atoms with E-state index >= 15 is 0 Å². The number of carbonyl (C=O) groups is 1. The van der Waals surface area contributed by atoms with Crippen LogP contribution in [-0.2, 0) is 4.74 Å². The number of carbonyl (C=O) groups excluding carboxylic acids is 1. The van der Waals surface area contributed by atoms with Crippen LogP contribution in [-0.4, -0.2) is 29.8 Å². The molecule has 0 radical (unpaired) electrons. The summed E-state index contributed by atoms with van der Waals surface area (Å²) >= 11 is 0. The van der Waals surface area contributed by atoms with Crippen molar-refractivity contribution in [3.63, 3.8) is 0 Å². The Hall–Kier alpha value is -1.36. The topological polar surface area (TPSA) is 64.4 Å². The Morgan fingerprint density at radius 3 is 2.78 bits per heavy atom. The van der Waals surface area contributed by atoms with E-state index in [1.54, 1.807) is 6.07 Å². The number of amides is 1. The Morgan fingerprint density at radius 2 is 2.09 bits per heavy atom. The highest BCUT2D eigenvalue weighted by Gasteiger charge is 2.57. The molecule has 23 heavy (non-hydrogen) atoms. The fraction of sp³-hybridized carbons (Fsp3) is 0.778. The van der Waals surface area contributed by atoms with Crippen molar-refractivity contribution in [2.24, 2.45) is 17.8 Å². The molecule has 5 heteroatoms. The number of ether oxygens (including phenoxy) is 1. The molecule has 1 N–H and O–H groups in total. The molecule has 0 aromatic carbocycles. The molecule has 0 bridgehead atoms. The van der Waals surface area contributed by atoms with Gasteiger partial charge >= 0.3 is 0 Å². The van der Waals surface area contributed by atoms with Crippen molar-refractivity contribution in [3.05, 3.63) is 17.5 Å². The molecule has 1 saturated heterocycles. The van der Waals surface area contributed by atoms with Crippen molar-refractivity contribution >= 4 is 5.91 Å². The fourth-order valence-electron chi connectivity index (χ4n) is 4.75. The summed E-state index contributed by atoms with van der Waals surface area (Å²) in [6, 6.07) is 2.01. The van der Waals surface area contributed by atoms with Crippen molar-refractivity contribution in [3.8, 4) is 0 Å². The van der Waals surface area contributed by atoms with Crippen LogP contribution in [0.5, 0.6) is 0 Å². The van der Waals surface area contributed by atoms with Crippen LogP contribution in [0.25, 0.3) is 0 Å². The first-order chi connectivity index (χ1) is 11.1. The number of rotatable bonds is 4. The number of nitrogens with one attached hydrogen (secondary N) is 1. The van der Waals surface area contributed by atoms with Crippen LogP contribution in [0.3, 0.4) is 0 Å². The summed E-state index contributed by atoms with van der Waals surface area (Å²) in [6.45, 7) is 4.93. The van der Waals surface area contributed by atoms with Gasteiger partial charge in [0, 0.05) is 30.6 Å². The lowest BCUT2D eigenvalue weighted by molar-refractivity contribution is -0.0786. The zero-order chi connectivity index (χ0) is 16.0. The molecule has 1 amide bonds. The standard InChI is InChI=1S/C18H26N2O3/c1-10(2)13-9-14(23-20-13)18(21)19-16-12-7-8-22-17(12)15(16)11-5-3-4-6-11/h9-12,15-17H,3-8H2,1-2H3,(H,19,21)/t12-,15+,16-,17-/m0/s1. The van der Waals surface area contributed by atoms with Crippen LogP contribution in [0.2, 0.25) is 0 Å². The van der Waals surface area contributed by atoms with Crippen LogP contribution in [0.15, 0.2) is 10.6 Å². The molecule has 1 aromatic heterocycles. The zero-order valence-electron chi connectivity index (χ0n) is 14.0. The van der Waals surface area contributed by atoms with E-state index in [2.05, 4.69) is 10.5 Å². The SMILES string of the molecule is CC(C)c1cc(C(=O)N[C@H]2[C@@H]3CCO[C@@H]3[C@@H]2C2CCCC2)on1. The minimum absolute atomic E-state index is 0.122. The summed E-state index contributed by atoms with van der Waals surface area (Å²) in [5.74, 6) is 2.16. The van der Waals surface area contributed by atoms with E-state index < -0.39 is 0 Å². The maximum atomic E-state index is 12.5.